The second-order valence-electron chi connectivity index (χ2n) is 6.57. The molecule has 1 atom stereocenters. The molecule has 4 nitrogen and oxygen atoms in total. The second kappa shape index (κ2) is 8.82. The highest BCUT2D eigenvalue weighted by Gasteiger charge is 2.21. The van der Waals surface area contributed by atoms with Crippen LogP contribution in [0.3, 0.4) is 0 Å². The summed E-state index contributed by atoms with van der Waals surface area (Å²) in [4.78, 5) is 19.1. The van der Waals surface area contributed by atoms with Gasteiger partial charge in [-0.2, -0.15) is 0 Å². The van der Waals surface area contributed by atoms with E-state index in [1.54, 1.807) is 23.3 Å². The van der Waals surface area contributed by atoms with Crippen molar-refractivity contribution in [1.29, 1.82) is 0 Å². The van der Waals surface area contributed by atoms with Crippen molar-refractivity contribution in [2.24, 2.45) is 0 Å². The van der Waals surface area contributed by atoms with Gasteiger partial charge in [-0.1, -0.05) is 42.5 Å². The first-order valence-corrected chi connectivity index (χ1v) is 9.78. The fourth-order valence-corrected chi connectivity index (χ4v) is 3.87. The van der Waals surface area contributed by atoms with Gasteiger partial charge in [0.15, 0.2) is 0 Å². The smallest absolute Gasteiger partial charge is 0.223 e. The van der Waals surface area contributed by atoms with Gasteiger partial charge in [0.25, 0.3) is 0 Å². The van der Waals surface area contributed by atoms with E-state index in [-0.39, 0.29) is 11.8 Å². The van der Waals surface area contributed by atoms with Gasteiger partial charge in [0.05, 0.1) is 13.7 Å². The molecule has 0 radical (unpaired) electrons. The van der Waals surface area contributed by atoms with Crippen molar-refractivity contribution in [3.05, 3.63) is 81.8 Å². The Morgan fingerprint density at radius 1 is 1.11 bits per heavy atom. The van der Waals surface area contributed by atoms with Crippen LogP contribution in [0.1, 0.15) is 34.2 Å². The summed E-state index contributed by atoms with van der Waals surface area (Å²) in [6.07, 6.45) is 0.414. The molecule has 1 heterocycles. The van der Waals surface area contributed by atoms with Crippen molar-refractivity contribution >= 4 is 17.2 Å². The third-order valence-electron chi connectivity index (χ3n) is 4.56. The summed E-state index contributed by atoms with van der Waals surface area (Å²) in [6.45, 7) is 2.51. The number of ether oxygens (including phenoxy) is 1. The highest BCUT2D eigenvalue weighted by atomic mass is 32.1. The van der Waals surface area contributed by atoms with Crippen LogP contribution in [0.2, 0.25) is 0 Å². The number of nitrogens with zero attached hydrogens (tertiary/aromatic N) is 2. The molecule has 140 valence electrons. The molecule has 0 aliphatic heterocycles. The molecule has 0 aliphatic carbocycles. The lowest BCUT2D eigenvalue weighted by Gasteiger charge is -2.22. The van der Waals surface area contributed by atoms with E-state index in [4.69, 9.17) is 4.74 Å². The van der Waals surface area contributed by atoms with Crippen LogP contribution in [-0.2, 0) is 11.3 Å². The van der Waals surface area contributed by atoms with Crippen molar-refractivity contribution in [3.63, 3.8) is 0 Å². The molecule has 3 aromatic rings. The highest BCUT2D eigenvalue weighted by Crippen LogP contribution is 2.30. The second-order valence-corrected chi connectivity index (χ2v) is 7.52. The zero-order valence-electron chi connectivity index (χ0n) is 15.9. The molecule has 5 heteroatoms. The van der Waals surface area contributed by atoms with Crippen LogP contribution in [0.4, 0.5) is 0 Å². The molecular weight excluding hydrogens is 356 g/mol. The number of benzene rings is 2. The maximum atomic E-state index is 12.9. The first-order chi connectivity index (χ1) is 13.1. The summed E-state index contributed by atoms with van der Waals surface area (Å²) in [7, 11) is 3.50. The third-order valence-corrected chi connectivity index (χ3v) is 5.52. The van der Waals surface area contributed by atoms with E-state index in [0.717, 1.165) is 27.6 Å². The maximum absolute atomic E-state index is 12.9. The van der Waals surface area contributed by atoms with Gasteiger partial charge in [-0.3, -0.25) is 4.79 Å². The number of methoxy groups -OCH3 is 1. The summed E-state index contributed by atoms with van der Waals surface area (Å²) >= 11 is 1.59. The lowest BCUT2D eigenvalue weighted by molar-refractivity contribution is -0.130. The van der Waals surface area contributed by atoms with Crippen molar-refractivity contribution in [1.82, 2.24) is 9.88 Å². The normalized spacial score (nSPS) is 11.8. The van der Waals surface area contributed by atoms with E-state index in [1.807, 2.05) is 61.8 Å². The summed E-state index contributed by atoms with van der Waals surface area (Å²) in [5.41, 5.74) is 3.24. The quantitative estimate of drug-likeness (QED) is 0.600. The monoisotopic (exact) mass is 380 g/mol. The predicted octanol–water partition coefficient (Wildman–Crippen LogP) is 4.64. The van der Waals surface area contributed by atoms with Crippen LogP contribution in [0.25, 0.3) is 0 Å². The number of aromatic nitrogens is 1. The Kier molecular flexibility index (Phi) is 6.24. The molecule has 0 fully saturated rings. The Bertz CT molecular complexity index is 875. The molecule has 1 aromatic heterocycles. The number of thiazole rings is 1. The van der Waals surface area contributed by atoms with Gasteiger partial charge in [0.1, 0.15) is 10.8 Å². The Hall–Kier alpha value is -2.66. The van der Waals surface area contributed by atoms with E-state index in [1.165, 1.54) is 0 Å². The number of carbonyl (C=O) groups is 1. The molecule has 0 saturated carbocycles. The lowest BCUT2D eigenvalue weighted by Crippen LogP contribution is -2.27. The average Bonchev–Trinajstić information content (AvgIpc) is 3.11. The van der Waals surface area contributed by atoms with Gasteiger partial charge >= 0.3 is 0 Å². The summed E-state index contributed by atoms with van der Waals surface area (Å²) in [5, 5.41) is 2.97. The Morgan fingerprint density at radius 2 is 1.78 bits per heavy atom. The van der Waals surface area contributed by atoms with Gasteiger partial charge in [0.2, 0.25) is 5.91 Å². The van der Waals surface area contributed by atoms with E-state index in [9.17, 15) is 4.79 Å². The van der Waals surface area contributed by atoms with Crippen molar-refractivity contribution in [3.8, 4) is 5.75 Å². The number of rotatable bonds is 7. The molecule has 2 aromatic carbocycles. The van der Waals surface area contributed by atoms with Crippen LogP contribution in [0.5, 0.6) is 5.75 Å². The summed E-state index contributed by atoms with van der Waals surface area (Å²) in [5.74, 6) is 0.922. The van der Waals surface area contributed by atoms with Crippen molar-refractivity contribution < 1.29 is 9.53 Å². The van der Waals surface area contributed by atoms with Crippen LogP contribution >= 0.6 is 11.3 Å². The van der Waals surface area contributed by atoms with Crippen LogP contribution in [-0.4, -0.2) is 29.9 Å². The molecule has 0 N–H and O–H groups in total. The SMILES string of the molecule is COc1ccc([C@H](CC(=O)N(C)Cc2nc(C)cs2)c2ccccc2)cc1. The molecule has 0 saturated heterocycles. The largest absolute Gasteiger partial charge is 0.497 e. The van der Waals surface area contributed by atoms with Crippen molar-refractivity contribution in [2.75, 3.05) is 14.2 Å². The van der Waals surface area contributed by atoms with Gasteiger partial charge in [-0.05, 0) is 30.2 Å². The third kappa shape index (κ3) is 4.95. The first-order valence-electron chi connectivity index (χ1n) is 8.90. The minimum atomic E-state index is 0.00471. The first kappa shape index (κ1) is 19.1. The van der Waals surface area contributed by atoms with E-state index < -0.39 is 0 Å². The number of amides is 1. The predicted molar refractivity (Wildman–Crippen MR) is 109 cm³/mol. The maximum Gasteiger partial charge on any atom is 0.223 e. The number of carbonyl (C=O) groups excluding carboxylic acids is 1. The Labute approximate surface area is 164 Å². The Morgan fingerprint density at radius 3 is 2.37 bits per heavy atom. The van der Waals surface area contributed by atoms with E-state index >= 15 is 0 Å². The topological polar surface area (TPSA) is 42.4 Å². The standard InChI is InChI=1S/C22H24N2O2S/c1-16-15-27-21(23-16)14-24(2)22(25)13-20(17-7-5-4-6-8-17)18-9-11-19(26-3)12-10-18/h4-12,15,20H,13-14H2,1-3H3/t20-/m1/s1. The fraction of sp³-hybridized carbons (Fsp3) is 0.273. The Balaban J connectivity index is 1.79. The lowest BCUT2D eigenvalue weighted by atomic mass is 9.88. The fourth-order valence-electron chi connectivity index (χ4n) is 3.05. The van der Waals surface area contributed by atoms with E-state index in [0.29, 0.717) is 13.0 Å². The molecule has 0 unspecified atom stereocenters. The van der Waals surface area contributed by atoms with Gasteiger partial charge in [0, 0.05) is 30.5 Å². The molecule has 27 heavy (non-hydrogen) atoms. The van der Waals surface area contributed by atoms with Crippen molar-refractivity contribution in [2.45, 2.75) is 25.8 Å². The molecule has 1 amide bonds. The zero-order chi connectivity index (χ0) is 19.2. The summed E-state index contributed by atoms with van der Waals surface area (Å²) in [6, 6.07) is 18.1. The van der Waals surface area contributed by atoms with Crippen LogP contribution < -0.4 is 4.74 Å². The van der Waals surface area contributed by atoms with Crippen LogP contribution in [0, 0.1) is 6.92 Å². The van der Waals surface area contributed by atoms with Gasteiger partial charge < -0.3 is 9.64 Å². The molecule has 0 bridgehead atoms. The van der Waals surface area contributed by atoms with E-state index in [2.05, 4.69) is 17.1 Å². The molecular formula is C22H24N2O2S. The van der Waals surface area contributed by atoms with Gasteiger partial charge in [-0.15, -0.1) is 11.3 Å². The van der Waals surface area contributed by atoms with Crippen LogP contribution in [0.15, 0.2) is 60.0 Å². The molecule has 0 aliphatic rings. The number of hydrogen-bond acceptors (Lipinski definition) is 4. The highest BCUT2D eigenvalue weighted by molar-refractivity contribution is 7.09. The zero-order valence-corrected chi connectivity index (χ0v) is 16.7. The van der Waals surface area contributed by atoms with Gasteiger partial charge in [-0.25, -0.2) is 4.98 Å². The number of aryl methyl sites for hydroxylation is 1. The minimum Gasteiger partial charge on any atom is -0.497 e. The average molecular weight is 381 g/mol. The molecule has 0 spiro atoms. The summed E-state index contributed by atoms with van der Waals surface area (Å²) < 4.78 is 5.26. The number of hydrogen-bond donors (Lipinski definition) is 0. The molecule has 3 rings (SSSR count). The minimum absolute atomic E-state index is 0.00471.